The summed E-state index contributed by atoms with van der Waals surface area (Å²) < 4.78 is 0. The van der Waals surface area contributed by atoms with Crippen LogP contribution < -0.4 is 5.32 Å². The zero-order valence-corrected chi connectivity index (χ0v) is 14.2. The Balaban J connectivity index is 1.63. The van der Waals surface area contributed by atoms with Gasteiger partial charge >= 0.3 is 0 Å². The summed E-state index contributed by atoms with van der Waals surface area (Å²) in [6.45, 7) is 0. The average molecular weight is 326 g/mol. The number of fused-ring (bicyclic) bond motifs is 1. The molecule has 0 bridgehead atoms. The predicted molar refractivity (Wildman–Crippen MR) is 92.6 cm³/mol. The van der Waals surface area contributed by atoms with Crippen molar-refractivity contribution < 1.29 is 9.59 Å². The lowest BCUT2D eigenvalue weighted by molar-refractivity contribution is -0.127. The van der Waals surface area contributed by atoms with Crippen LogP contribution in [0.25, 0.3) is 0 Å². The van der Waals surface area contributed by atoms with E-state index in [9.17, 15) is 9.59 Å². The first-order valence-electron chi connectivity index (χ1n) is 9.47. The second-order valence-electron chi connectivity index (χ2n) is 7.48. The number of hydrogen-bond acceptors (Lipinski definition) is 2. The molecule has 24 heavy (non-hydrogen) atoms. The van der Waals surface area contributed by atoms with Gasteiger partial charge in [-0.1, -0.05) is 50.3 Å². The Labute approximate surface area is 143 Å². The van der Waals surface area contributed by atoms with Gasteiger partial charge in [-0.15, -0.1) is 0 Å². The lowest BCUT2D eigenvalue weighted by Gasteiger charge is -2.35. The number of hydrogen-bond donors (Lipinski definition) is 1. The molecule has 3 aliphatic rings. The van der Waals surface area contributed by atoms with E-state index in [1.165, 1.54) is 19.3 Å². The van der Waals surface area contributed by atoms with Gasteiger partial charge in [-0.3, -0.25) is 9.59 Å². The Morgan fingerprint density at radius 2 is 1.62 bits per heavy atom. The minimum absolute atomic E-state index is 0.0192. The van der Waals surface area contributed by atoms with E-state index in [2.05, 4.69) is 5.32 Å². The fourth-order valence-electron chi connectivity index (χ4n) is 4.69. The number of benzene rings is 1. The fraction of sp³-hybridized carbons (Fsp3) is 0.600. The van der Waals surface area contributed by atoms with Gasteiger partial charge in [0, 0.05) is 17.6 Å². The first-order chi connectivity index (χ1) is 11.8. The van der Waals surface area contributed by atoms with E-state index in [0.29, 0.717) is 0 Å². The Kier molecular flexibility index (Phi) is 4.30. The molecule has 0 saturated heterocycles. The highest BCUT2D eigenvalue weighted by Crippen LogP contribution is 2.39. The first kappa shape index (κ1) is 15.7. The highest BCUT2D eigenvalue weighted by Gasteiger charge is 2.44. The van der Waals surface area contributed by atoms with Crippen molar-refractivity contribution in [2.24, 2.45) is 0 Å². The smallest absolute Gasteiger partial charge is 0.255 e. The molecule has 1 atom stereocenters. The normalized spacial score (nSPS) is 25.1. The van der Waals surface area contributed by atoms with Gasteiger partial charge in [0.1, 0.15) is 6.04 Å². The number of amides is 2. The highest BCUT2D eigenvalue weighted by atomic mass is 16.2. The lowest BCUT2D eigenvalue weighted by Crippen LogP contribution is -2.47. The van der Waals surface area contributed by atoms with Crippen molar-refractivity contribution in [3.8, 4) is 0 Å². The number of nitrogens with one attached hydrogen (secondary N) is 1. The van der Waals surface area contributed by atoms with Crippen molar-refractivity contribution in [1.29, 1.82) is 0 Å². The molecule has 4 heteroatoms. The van der Waals surface area contributed by atoms with Crippen molar-refractivity contribution in [3.63, 3.8) is 0 Å². The monoisotopic (exact) mass is 326 g/mol. The predicted octanol–water partition coefficient (Wildman–Crippen LogP) is 3.58. The molecule has 1 N–H and O–H groups in total. The van der Waals surface area contributed by atoms with Gasteiger partial charge in [0.2, 0.25) is 5.91 Å². The van der Waals surface area contributed by atoms with Gasteiger partial charge < -0.3 is 10.2 Å². The molecule has 2 amide bonds. The average Bonchev–Trinajstić information content (AvgIpc) is 3.22. The zero-order chi connectivity index (χ0) is 16.5. The molecule has 4 nitrogen and oxygen atoms in total. The van der Waals surface area contributed by atoms with Gasteiger partial charge in [-0.25, -0.2) is 0 Å². The summed E-state index contributed by atoms with van der Waals surface area (Å²) in [6.07, 6.45) is 10.1. The minimum atomic E-state index is -0.433. The second-order valence-corrected chi connectivity index (χ2v) is 7.48. The molecule has 0 radical (unpaired) electrons. The molecule has 128 valence electrons. The topological polar surface area (TPSA) is 49.4 Å². The molecule has 1 aromatic rings. The van der Waals surface area contributed by atoms with Gasteiger partial charge in [0.25, 0.3) is 5.91 Å². The van der Waals surface area contributed by atoms with E-state index in [0.717, 1.165) is 49.7 Å². The van der Waals surface area contributed by atoms with Crippen LogP contribution >= 0.6 is 0 Å². The summed E-state index contributed by atoms with van der Waals surface area (Å²) in [5.41, 5.74) is 1.61. The molecule has 1 aliphatic heterocycles. The molecule has 4 rings (SSSR count). The van der Waals surface area contributed by atoms with E-state index in [4.69, 9.17) is 0 Å². The summed E-state index contributed by atoms with van der Waals surface area (Å²) in [7, 11) is 0. The van der Waals surface area contributed by atoms with Crippen molar-refractivity contribution >= 4 is 11.8 Å². The van der Waals surface area contributed by atoms with Crippen LogP contribution in [0.4, 0.5) is 0 Å². The van der Waals surface area contributed by atoms with Crippen molar-refractivity contribution in [3.05, 3.63) is 35.4 Å². The molecule has 2 saturated carbocycles. The van der Waals surface area contributed by atoms with Crippen LogP contribution in [-0.4, -0.2) is 28.8 Å². The third-order valence-electron chi connectivity index (χ3n) is 5.92. The Hall–Kier alpha value is -1.84. The summed E-state index contributed by atoms with van der Waals surface area (Å²) in [5.74, 6) is 0.0647. The Bertz CT molecular complexity index is 630. The fourth-order valence-corrected chi connectivity index (χ4v) is 4.69. The molecular formula is C20H26N2O2. The molecule has 2 fully saturated rings. The van der Waals surface area contributed by atoms with Crippen molar-refractivity contribution in [2.45, 2.75) is 75.9 Å². The number of nitrogens with zero attached hydrogens (tertiary/aromatic N) is 1. The van der Waals surface area contributed by atoms with Gasteiger partial charge in [-0.05, 0) is 37.3 Å². The Morgan fingerprint density at radius 1 is 0.958 bits per heavy atom. The van der Waals surface area contributed by atoms with E-state index in [1.54, 1.807) is 0 Å². The minimum Gasteiger partial charge on any atom is -0.351 e. The number of carbonyl (C=O) groups is 2. The molecule has 0 aromatic heterocycles. The van der Waals surface area contributed by atoms with Crippen molar-refractivity contribution in [2.75, 3.05) is 0 Å². The van der Waals surface area contributed by atoms with Crippen LogP contribution in [0.5, 0.6) is 0 Å². The molecular weight excluding hydrogens is 300 g/mol. The molecule has 0 unspecified atom stereocenters. The zero-order valence-electron chi connectivity index (χ0n) is 14.2. The summed E-state index contributed by atoms with van der Waals surface area (Å²) in [5, 5.41) is 3.22. The summed E-state index contributed by atoms with van der Waals surface area (Å²) in [4.78, 5) is 27.9. The summed E-state index contributed by atoms with van der Waals surface area (Å²) in [6, 6.07) is 7.72. The maximum absolute atomic E-state index is 13.1. The standard InChI is InChI=1S/C20H26N2O2/c23-19(21-14-8-4-5-9-14)18-16-12-6-7-13-17(16)20(24)22(18)15-10-2-1-3-11-15/h6-7,12-15,18H,1-5,8-11H2,(H,21,23)/t18-/m1/s1. The van der Waals surface area contributed by atoms with Crippen LogP contribution in [0.15, 0.2) is 24.3 Å². The Morgan fingerprint density at radius 3 is 2.38 bits per heavy atom. The van der Waals surface area contributed by atoms with E-state index in [-0.39, 0.29) is 23.9 Å². The van der Waals surface area contributed by atoms with Crippen molar-refractivity contribution in [1.82, 2.24) is 10.2 Å². The highest BCUT2D eigenvalue weighted by molar-refractivity contribution is 6.04. The van der Waals surface area contributed by atoms with Crippen LogP contribution in [0.3, 0.4) is 0 Å². The van der Waals surface area contributed by atoms with Crippen LogP contribution in [0, 0.1) is 0 Å². The van der Waals surface area contributed by atoms with E-state index < -0.39 is 6.04 Å². The molecule has 1 heterocycles. The van der Waals surface area contributed by atoms with Crippen LogP contribution in [-0.2, 0) is 4.79 Å². The third-order valence-corrected chi connectivity index (χ3v) is 5.92. The lowest BCUT2D eigenvalue weighted by atomic mass is 9.93. The van der Waals surface area contributed by atoms with Gasteiger partial charge in [0.05, 0.1) is 0 Å². The number of rotatable bonds is 3. The third kappa shape index (κ3) is 2.72. The van der Waals surface area contributed by atoms with Crippen LogP contribution in [0.1, 0.15) is 79.8 Å². The first-order valence-corrected chi connectivity index (χ1v) is 9.47. The summed E-state index contributed by atoms with van der Waals surface area (Å²) >= 11 is 0. The number of carbonyl (C=O) groups excluding carboxylic acids is 2. The van der Waals surface area contributed by atoms with E-state index >= 15 is 0 Å². The van der Waals surface area contributed by atoms with Gasteiger partial charge in [-0.2, -0.15) is 0 Å². The SMILES string of the molecule is O=C(NC1CCCC1)[C@H]1c2ccccc2C(=O)N1C1CCCCC1. The molecule has 2 aliphatic carbocycles. The molecule has 1 aromatic carbocycles. The van der Waals surface area contributed by atoms with Gasteiger partial charge in [0.15, 0.2) is 0 Å². The quantitative estimate of drug-likeness (QED) is 0.923. The largest absolute Gasteiger partial charge is 0.351 e. The maximum atomic E-state index is 13.1. The second kappa shape index (κ2) is 6.58. The van der Waals surface area contributed by atoms with Crippen LogP contribution in [0.2, 0.25) is 0 Å². The molecule has 0 spiro atoms. The maximum Gasteiger partial charge on any atom is 0.255 e. The van der Waals surface area contributed by atoms with E-state index in [1.807, 2.05) is 29.2 Å².